The predicted molar refractivity (Wildman–Crippen MR) is 140 cm³/mol. The minimum atomic E-state index is -1.15. The number of hydrogen-bond donors (Lipinski definition) is 1. The van der Waals surface area contributed by atoms with Crippen LogP contribution in [0.25, 0.3) is 5.57 Å². The van der Waals surface area contributed by atoms with Crippen molar-refractivity contribution < 1.29 is 27.4 Å². The number of allylic oxidation sites excluding steroid dienone is 5. The van der Waals surface area contributed by atoms with Crippen molar-refractivity contribution in [3.63, 3.8) is 0 Å². The topological polar surface area (TPSA) is 29.5 Å². The SMILES string of the molecule is C=C(OC)/C(F)=C(/F)C(=C)C(C)CCC(C)CCc1ccc(C2=CCC(O)CC2)c(F)c1F.C=CC. The molecule has 3 atom stereocenters. The molecule has 1 aliphatic carbocycles. The van der Waals surface area contributed by atoms with E-state index in [1.54, 1.807) is 31.2 Å². The lowest BCUT2D eigenvalue weighted by Crippen LogP contribution is -2.11. The molecule has 0 fully saturated rings. The predicted octanol–water partition coefficient (Wildman–Crippen LogP) is 8.94. The van der Waals surface area contributed by atoms with Gasteiger partial charge in [-0.05, 0) is 74.0 Å². The lowest BCUT2D eigenvalue weighted by molar-refractivity contribution is 0.166. The Morgan fingerprint density at radius 3 is 2.31 bits per heavy atom. The zero-order valence-electron chi connectivity index (χ0n) is 22.0. The highest BCUT2D eigenvalue weighted by Gasteiger charge is 2.21. The summed E-state index contributed by atoms with van der Waals surface area (Å²) in [7, 11) is 1.21. The molecule has 0 spiro atoms. The number of aliphatic hydroxyl groups is 1. The molecule has 0 bridgehead atoms. The first-order chi connectivity index (χ1) is 17.0. The molecule has 2 nitrogen and oxygen atoms in total. The van der Waals surface area contributed by atoms with Gasteiger partial charge in [-0.1, -0.05) is 57.7 Å². The molecule has 1 aliphatic rings. The fourth-order valence-corrected chi connectivity index (χ4v) is 3.92. The van der Waals surface area contributed by atoms with Gasteiger partial charge in [0.25, 0.3) is 0 Å². The maximum atomic E-state index is 14.7. The fraction of sp³-hybridized carbons (Fsp3) is 0.467. The van der Waals surface area contributed by atoms with Gasteiger partial charge in [-0.3, -0.25) is 0 Å². The molecule has 200 valence electrons. The van der Waals surface area contributed by atoms with Crippen molar-refractivity contribution in [3.8, 4) is 0 Å². The van der Waals surface area contributed by atoms with E-state index in [0.717, 1.165) is 5.57 Å². The van der Waals surface area contributed by atoms with Crippen molar-refractivity contribution >= 4 is 5.57 Å². The average molecular weight is 509 g/mol. The van der Waals surface area contributed by atoms with E-state index in [1.807, 2.05) is 13.8 Å². The van der Waals surface area contributed by atoms with E-state index < -0.39 is 29.4 Å². The summed E-state index contributed by atoms with van der Waals surface area (Å²) in [6, 6.07) is 3.24. The van der Waals surface area contributed by atoms with Gasteiger partial charge in [0.2, 0.25) is 0 Å². The maximum absolute atomic E-state index is 14.7. The Labute approximate surface area is 213 Å². The number of methoxy groups -OCH3 is 1. The number of aliphatic hydroxyl groups excluding tert-OH is 1. The van der Waals surface area contributed by atoms with Crippen LogP contribution in [0.15, 0.2) is 67.0 Å². The minimum Gasteiger partial charge on any atom is -0.494 e. The fourth-order valence-electron chi connectivity index (χ4n) is 3.92. The van der Waals surface area contributed by atoms with Gasteiger partial charge < -0.3 is 9.84 Å². The molecule has 6 heteroatoms. The number of halogens is 4. The number of benzene rings is 1. The van der Waals surface area contributed by atoms with E-state index in [1.165, 1.54) is 7.11 Å². The summed E-state index contributed by atoms with van der Waals surface area (Å²) < 4.78 is 62.0. The van der Waals surface area contributed by atoms with Gasteiger partial charge in [-0.25, -0.2) is 13.2 Å². The van der Waals surface area contributed by atoms with Crippen LogP contribution in [0.2, 0.25) is 0 Å². The highest BCUT2D eigenvalue weighted by atomic mass is 19.2. The molecule has 0 saturated heterocycles. The Morgan fingerprint density at radius 1 is 1.11 bits per heavy atom. The third kappa shape index (κ3) is 9.12. The molecule has 0 radical (unpaired) electrons. The normalized spacial score (nSPS) is 17.6. The van der Waals surface area contributed by atoms with Crippen LogP contribution in [0.1, 0.15) is 70.4 Å². The van der Waals surface area contributed by atoms with Crippen LogP contribution in [0.4, 0.5) is 17.6 Å². The summed E-state index contributed by atoms with van der Waals surface area (Å²) in [4.78, 5) is 0. The van der Waals surface area contributed by atoms with Gasteiger partial charge in [0.05, 0.1) is 13.2 Å². The first-order valence-electron chi connectivity index (χ1n) is 12.4. The molecule has 0 aromatic heterocycles. The summed E-state index contributed by atoms with van der Waals surface area (Å²) in [6.45, 7) is 16.0. The van der Waals surface area contributed by atoms with Crippen LogP contribution in [0, 0.1) is 23.5 Å². The molecule has 0 aliphatic heterocycles. The Bertz CT molecular complexity index is 977. The Kier molecular flexibility index (Phi) is 13.5. The van der Waals surface area contributed by atoms with Crippen molar-refractivity contribution in [1.29, 1.82) is 0 Å². The third-order valence-electron chi connectivity index (χ3n) is 6.45. The van der Waals surface area contributed by atoms with Gasteiger partial charge in [0.15, 0.2) is 23.3 Å². The van der Waals surface area contributed by atoms with Crippen molar-refractivity contribution in [3.05, 3.63) is 89.8 Å². The molecule has 1 N–H and O–H groups in total. The van der Waals surface area contributed by atoms with Crippen LogP contribution in [-0.2, 0) is 11.2 Å². The van der Waals surface area contributed by atoms with E-state index in [-0.39, 0.29) is 28.7 Å². The van der Waals surface area contributed by atoms with E-state index in [0.29, 0.717) is 50.5 Å². The second-order valence-electron chi connectivity index (χ2n) is 9.37. The van der Waals surface area contributed by atoms with Crippen molar-refractivity contribution in [1.82, 2.24) is 0 Å². The van der Waals surface area contributed by atoms with Crippen molar-refractivity contribution in [2.75, 3.05) is 7.11 Å². The van der Waals surface area contributed by atoms with E-state index in [4.69, 9.17) is 0 Å². The largest absolute Gasteiger partial charge is 0.494 e. The Morgan fingerprint density at radius 2 is 1.75 bits per heavy atom. The first kappa shape index (κ1) is 31.4. The summed E-state index contributed by atoms with van der Waals surface area (Å²) in [5, 5.41) is 9.59. The smallest absolute Gasteiger partial charge is 0.200 e. The van der Waals surface area contributed by atoms with Crippen LogP contribution in [0.5, 0.6) is 0 Å². The molecule has 3 unspecified atom stereocenters. The average Bonchev–Trinajstić information content (AvgIpc) is 2.87. The quantitative estimate of drug-likeness (QED) is 0.140. The van der Waals surface area contributed by atoms with E-state index >= 15 is 0 Å². The standard InChI is InChI=1S/C27H34F4O2.C3H6/c1-16(6-8-17(2)18(3)24(28)25(29)19(4)33-5)7-9-21-12-15-23(27(31)26(21)30)20-10-13-22(32)14-11-20;1-3-2/h10,12,15-17,22,32H,3-4,6-9,11,13-14H2,1-2,5H3;3H,1H2,2H3/b25-24-;. The van der Waals surface area contributed by atoms with Crippen LogP contribution in [0.3, 0.4) is 0 Å². The lowest BCUT2D eigenvalue weighted by atomic mass is 9.88. The number of ether oxygens (including phenoxy) is 1. The van der Waals surface area contributed by atoms with E-state index in [9.17, 15) is 22.7 Å². The second kappa shape index (κ2) is 15.5. The molecule has 0 amide bonds. The van der Waals surface area contributed by atoms with Crippen LogP contribution < -0.4 is 0 Å². The Balaban J connectivity index is 0.00000205. The molecule has 36 heavy (non-hydrogen) atoms. The van der Waals surface area contributed by atoms with Gasteiger partial charge in [0.1, 0.15) is 5.76 Å². The summed E-state index contributed by atoms with van der Waals surface area (Å²) in [5.41, 5.74) is 1.37. The number of aryl methyl sites for hydroxylation is 1. The highest BCUT2D eigenvalue weighted by Crippen LogP contribution is 2.32. The van der Waals surface area contributed by atoms with Gasteiger partial charge in [-0.15, -0.1) is 6.58 Å². The van der Waals surface area contributed by atoms with Crippen molar-refractivity contribution in [2.24, 2.45) is 11.8 Å². The highest BCUT2D eigenvalue weighted by molar-refractivity contribution is 5.67. The van der Waals surface area contributed by atoms with Gasteiger partial charge in [-0.2, -0.15) is 4.39 Å². The van der Waals surface area contributed by atoms with Crippen molar-refractivity contribution in [2.45, 2.75) is 71.8 Å². The molecule has 0 saturated carbocycles. The summed E-state index contributed by atoms with van der Waals surface area (Å²) >= 11 is 0. The van der Waals surface area contributed by atoms with Crippen LogP contribution >= 0.6 is 0 Å². The number of rotatable bonds is 11. The zero-order chi connectivity index (χ0) is 27.4. The zero-order valence-corrected chi connectivity index (χ0v) is 22.0. The monoisotopic (exact) mass is 508 g/mol. The summed E-state index contributed by atoms with van der Waals surface area (Å²) in [6.07, 6.45) is 6.93. The summed E-state index contributed by atoms with van der Waals surface area (Å²) in [5.74, 6) is -4.36. The molecular formula is C30H40F4O2. The molecular weight excluding hydrogens is 468 g/mol. The lowest BCUT2D eigenvalue weighted by Gasteiger charge is -2.19. The van der Waals surface area contributed by atoms with Gasteiger partial charge in [0, 0.05) is 5.56 Å². The maximum Gasteiger partial charge on any atom is 0.200 e. The van der Waals surface area contributed by atoms with Gasteiger partial charge >= 0.3 is 0 Å². The third-order valence-corrected chi connectivity index (χ3v) is 6.45. The molecule has 1 aromatic carbocycles. The Hall–Kier alpha value is -2.60. The second-order valence-corrected chi connectivity index (χ2v) is 9.37. The van der Waals surface area contributed by atoms with Crippen LogP contribution in [-0.4, -0.2) is 18.3 Å². The molecule has 2 rings (SSSR count). The number of hydrogen-bond acceptors (Lipinski definition) is 2. The molecule has 1 aromatic rings. The first-order valence-corrected chi connectivity index (χ1v) is 12.4. The van der Waals surface area contributed by atoms with E-state index in [2.05, 4.69) is 24.5 Å². The minimum absolute atomic E-state index is 0.0474. The molecule has 0 heterocycles.